The van der Waals surface area contributed by atoms with Gasteiger partial charge in [-0.3, -0.25) is 4.79 Å². The Morgan fingerprint density at radius 1 is 1.03 bits per heavy atom. The maximum atomic E-state index is 13.6. The molecule has 5 rings (SSSR count). The first-order chi connectivity index (χ1) is 17.6. The lowest BCUT2D eigenvalue weighted by Gasteiger charge is -2.22. The number of hydrogen-bond acceptors (Lipinski definition) is 6. The summed E-state index contributed by atoms with van der Waals surface area (Å²) in [5.74, 6) is 1.38. The zero-order valence-electron chi connectivity index (χ0n) is 19.8. The Morgan fingerprint density at radius 2 is 1.83 bits per heavy atom. The summed E-state index contributed by atoms with van der Waals surface area (Å²) in [6.07, 6.45) is 2.04. The number of nitriles is 1. The van der Waals surface area contributed by atoms with Crippen LogP contribution in [-0.4, -0.2) is 42.6 Å². The van der Waals surface area contributed by atoms with Gasteiger partial charge in [-0.15, -0.1) is 10.2 Å². The van der Waals surface area contributed by atoms with Crippen LogP contribution in [0, 0.1) is 11.3 Å². The number of tetrazole rings is 1. The van der Waals surface area contributed by atoms with Crippen LogP contribution in [-0.2, 0) is 26.3 Å². The number of anilines is 1. The molecule has 3 aromatic carbocycles. The van der Waals surface area contributed by atoms with E-state index in [1.165, 1.54) is 0 Å². The number of H-pyrrole nitrogens is 1. The monoisotopic (exact) mass is 476 g/mol. The highest BCUT2D eigenvalue weighted by Gasteiger charge is 2.20. The van der Waals surface area contributed by atoms with Crippen molar-refractivity contribution >= 4 is 22.6 Å². The highest BCUT2D eigenvalue weighted by molar-refractivity contribution is 6.07. The van der Waals surface area contributed by atoms with Gasteiger partial charge in [0.25, 0.3) is 5.91 Å². The molecular formula is C27H24N8O. The number of imidazole rings is 1. The molecule has 0 saturated carbocycles. The zero-order chi connectivity index (χ0) is 24.9. The first-order valence-corrected chi connectivity index (χ1v) is 11.7. The highest BCUT2D eigenvalue weighted by atomic mass is 16.2. The minimum absolute atomic E-state index is 0.114. The molecule has 0 bridgehead atoms. The van der Waals surface area contributed by atoms with Crippen LogP contribution in [0.4, 0.5) is 5.69 Å². The predicted molar refractivity (Wildman–Crippen MR) is 135 cm³/mol. The van der Waals surface area contributed by atoms with Crippen LogP contribution < -0.4 is 4.90 Å². The quantitative estimate of drug-likeness (QED) is 0.366. The normalized spacial score (nSPS) is 10.9. The maximum Gasteiger partial charge on any atom is 0.258 e. The summed E-state index contributed by atoms with van der Waals surface area (Å²) in [6, 6.07) is 25.0. The number of aromatic amines is 1. The molecule has 9 heteroatoms. The van der Waals surface area contributed by atoms with Crippen LogP contribution in [0.25, 0.3) is 11.0 Å². The number of nitrogens with one attached hydrogen (secondary N) is 1. The van der Waals surface area contributed by atoms with Gasteiger partial charge >= 0.3 is 0 Å². The second kappa shape index (κ2) is 10.2. The molecule has 9 nitrogen and oxygen atoms in total. The summed E-state index contributed by atoms with van der Waals surface area (Å²) in [7, 11) is 1.99. The van der Waals surface area contributed by atoms with Gasteiger partial charge in [0, 0.05) is 37.7 Å². The molecular weight excluding hydrogens is 452 g/mol. The molecule has 1 N–H and O–H groups in total. The van der Waals surface area contributed by atoms with Gasteiger partial charge < -0.3 is 9.47 Å². The Hall–Kier alpha value is -4.84. The number of para-hydroxylation sites is 1. The van der Waals surface area contributed by atoms with Crippen molar-refractivity contribution in [2.75, 3.05) is 11.4 Å². The Labute approximate surface area is 208 Å². The van der Waals surface area contributed by atoms with Crippen molar-refractivity contribution < 1.29 is 4.79 Å². The van der Waals surface area contributed by atoms with E-state index in [9.17, 15) is 4.79 Å². The standard InChI is InChI=1S/C27H24N8O/c1-34-24-13-12-21(17-23(24)29-26(34)14-11-19-7-9-20(18-28)10-8-19)27(36)35(22-5-3-2-4-6-22)16-15-25-30-32-33-31-25/h2-10,12-13,17H,11,14-16H2,1H3,(H,30,31,32,33). The molecule has 0 aliphatic heterocycles. The fourth-order valence-electron chi connectivity index (χ4n) is 4.22. The molecule has 5 aromatic rings. The van der Waals surface area contributed by atoms with Gasteiger partial charge in [0.15, 0.2) is 5.82 Å². The number of carbonyl (C=O) groups is 1. The highest BCUT2D eigenvalue weighted by Crippen LogP contribution is 2.22. The van der Waals surface area contributed by atoms with Gasteiger partial charge in [0.05, 0.1) is 22.7 Å². The molecule has 0 saturated heterocycles. The van der Waals surface area contributed by atoms with E-state index in [-0.39, 0.29) is 5.91 Å². The number of aryl methyl sites for hydroxylation is 3. The fourth-order valence-corrected chi connectivity index (χ4v) is 4.22. The fraction of sp³-hybridized carbons (Fsp3) is 0.185. The van der Waals surface area contributed by atoms with Crippen molar-refractivity contribution in [2.45, 2.75) is 19.3 Å². The Kier molecular flexibility index (Phi) is 6.49. The topological polar surface area (TPSA) is 116 Å². The molecule has 178 valence electrons. The zero-order valence-corrected chi connectivity index (χ0v) is 19.8. The van der Waals surface area contributed by atoms with Crippen molar-refractivity contribution in [3.05, 3.63) is 101 Å². The number of amides is 1. The number of rotatable bonds is 8. The lowest BCUT2D eigenvalue weighted by molar-refractivity contribution is 0.0987. The van der Waals surface area contributed by atoms with Crippen LogP contribution >= 0.6 is 0 Å². The number of carbonyl (C=O) groups excluding carboxylic acids is 1. The molecule has 0 fully saturated rings. The van der Waals surface area contributed by atoms with Gasteiger partial charge in [-0.1, -0.05) is 35.5 Å². The van der Waals surface area contributed by atoms with Gasteiger partial charge in [0.1, 0.15) is 5.82 Å². The predicted octanol–water partition coefficient (Wildman–Crippen LogP) is 3.63. The van der Waals surface area contributed by atoms with Crippen molar-refractivity contribution in [3.63, 3.8) is 0 Å². The van der Waals surface area contributed by atoms with E-state index in [1.54, 1.807) is 4.90 Å². The van der Waals surface area contributed by atoms with E-state index >= 15 is 0 Å². The molecule has 2 aromatic heterocycles. The van der Waals surface area contributed by atoms with Gasteiger partial charge in [-0.2, -0.15) is 10.5 Å². The van der Waals surface area contributed by atoms with Gasteiger partial charge in [-0.25, -0.2) is 4.98 Å². The minimum atomic E-state index is -0.114. The number of nitrogens with zero attached hydrogens (tertiary/aromatic N) is 7. The van der Waals surface area contributed by atoms with Crippen molar-refractivity contribution in [1.29, 1.82) is 5.26 Å². The summed E-state index contributed by atoms with van der Waals surface area (Å²) in [5, 5.41) is 23.0. The number of benzene rings is 3. The number of fused-ring (bicyclic) bond motifs is 1. The molecule has 0 unspecified atom stereocenters. The summed E-state index contributed by atoms with van der Waals surface area (Å²) in [5.41, 5.74) is 4.92. The van der Waals surface area contributed by atoms with Gasteiger partial charge in [0.2, 0.25) is 0 Å². The van der Waals surface area contributed by atoms with Crippen LogP contribution in [0.5, 0.6) is 0 Å². The summed E-state index contributed by atoms with van der Waals surface area (Å²) in [4.78, 5) is 20.2. The maximum absolute atomic E-state index is 13.6. The van der Waals surface area contributed by atoms with Crippen LogP contribution in [0.3, 0.4) is 0 Å². The molecule has 0 aliphatic carbocycles. The lowest BCUT2D eigenvalue weighted by atomic mass is 10.1. The van der Waals surface area contributed by atoms with E-state index in [2.05, 4.69) is 31.3 Å². The summed E-state index contributed by atoms with van der Waals surface area (Å²) < 4.78 is 2.07. The Morgan fingerprint density at radius 3 is 2.56 bits per heavy atom. The average Bonchev–Trinajstić information content (AvgIpc) is 3.56. The molecule has 0 atom stereocenters. The first kappa shape index (κ1) is 22.9. The molecule has 0 radical (unpaired) electrons. The third-order valence-electron chi connectivity index (χ3n) is 6.20. The molecule has 1 amide bonds. The molecule has 0 spiro atoms. The van der Waals surface area contributed by atoms with Crippen molar-refractivity contribution in [2.24, 2.45) is 7.05 Å². The SMILES string of the molecule is Cn1c(CCc2ccc(C#N)cc2)nc2cc(C(=O)N(CCc3nn[nH]n3)c3ccccc3)ccc21. The number of aromatic nitrogens is 6. The van der Waals surface area contributed by atoms with Crippen LogP contribution in [0.15, 0.2) is 72.8 Å². The van der Waals surface area contributed by atoms with E-state index in [1.807, 2.05) is 79.8 Å². The van der Waals surface area contributed by atoms with E-state index in [4.69, 9.17) is 10.2 Å². The Balaban J connectivity index is 1.37. The third kappa shape index (κ3) is 4.83. The molecule has 0 aliphatic rings. The molecule has 36 heavy (non-hydrogen) atoms. The van der Waals surface area contributed by atoms with Crippen LogP contribution in [0.1, 0.15) is 33.1 Å². The minimum Gasteiger partial charge on any atom is -0.331 e. The lowest BCUT2D eigenvalue weighted by Crippen LogP contribution is -2.33. The van der Waals surface area contributed by atoms with Gasteiger partial charge in [-0.05, 0) is 54.4 Å². The first-order valence-electron chi connectivity index (χ1n) is 11.7. The van der Waals surface area contributed by atoms with E-state index in [0.29, 0.717) is 29.9 Å². The second-order valence-corrected chi connectivity index (χ2v) is 8.47. The summed E-state index contributed by atoms with van der Waals surface area (Å²) >= 11 is 0. The van der Waals surface area contributed by atoms with E-state index < -0.39 is 0 Å². The third-order valence-corrected chi connectivity index (χ3v) is 6.20. The van der Waals surface area contributed by atoms with Crippen molar-refractivity contribution in [3.8, 4) is 6.07 Å². The van der Waals surface area contributed by atoms with Crippen molar-refractivity contribution in [1.82, 2.24) is 30.2 Å². The summed E-state index contributed by atoms with van der Waals surface area (Å²) in [6.45, 7) is 0.415. The van der Waals surface area contributed by atoms with E-state index in [0.717, 1.165) is 41.0 Å². The molecule has 2 heterocycles. The second-order valence-electron chi connectivity index (χ2n) is 8.47. The smallest absolute Gasteiger partial charge is 0.258 e. The van der Waals surface area contributed by atoms with Crippen LogP contribution in [0.2, 0.25) is 0 Å². The average molecular weight is 477 g/mol. The Bertz CT molecular complexity index is 1520. The number of hydrogen-bond donors (Lipinski definition) is 1. The largest absolute Gasteiger partial charge is 0.331 e.